The van der Waals surface area contributed by atoms with Crippen LogP contribution in [0.4, 0.5) is 0 Å². The number of benzene rings is 1. The summed E-state index contributed by atoms with van der Waals surface area (Å²) in [6, 6.07) is 9.45. The zero-order chi connectivity index (χ0) is 25.7. The Kier molecular flexibility index (Phi) is 8.07. The number of ether oxygens (including phenoxy) is 2. The number of carbonyl (C=O) groups is 2. The van der Waals surface area contributed by atoms with Gasteiger partial charge in [-0.15, -0.1) is 11.3 Å². The molecule has 1 aromatic heterocycles. The highest BCUT2D eigenvalue weighted by Crippen LogP contribution is 2.27. The molecule has 0 radical (unpaired) electrons. The molecule has 2 N–H and O–H groups in total. The highest BCUT2D eigenvalue weighted by atomic mass is 32.1. The third kappa shape index (κ3) is 5.95. The van der Waals surface area contributed by atoms with Crippen molar-refractivity contribution >= 4 is 40.4 Å². The Morgan fingerprint density at radius 2 is 2.11 bits per heavy atom. The van der Waals surface area contributed by atoms with Gasteiger partial charge in [0.15, 0.2) is 0 Å². The molecule has 2 aliphatic heterocycles. The summed E-state index contributed by atoms with van der Waals surface area (Å²) in [6.07, 6.45) is 5.18. The molecule has 36 heavy (non-hydrogen) atoms. The van der Waals surface area contributed by atoms with E-state index < -0.39 is 0 Å². The van der Waals surface area contributed by atoms with Crippen LogP contribution in [0.25, 0.3) is 0 Å². The number of hydrazone groups is 1. The van der Waals surface area contributed by atoms with E-state index in [1.807, 2.05) is 24.3 Å². The number of hydrogen-bond acceptors (Lipinski definition) is 8. The first kappa shape index (κ1) is 25.5. The van der Waals surface area contributed by atoms with Crippen LogP contribution in [0, 0.1) is 10.8 Å². The molecule has 1 amide bonds. The van der Waals surface area contributed by atoms with Gasteiger partial charge in [-0.3, -0.25) is 20.4 Å². The van der Waals surface area contributed by atoms with Gasteiger partial charge in [-0.05, 0) is 42.3 Å². The van der Waals surface area contributed by atoms with Gasteiger partial charge < -0.3 is 14.4 Å². The third-order valence-electron chi connectivity index (χ3n) is 5.77. The van der Waals surface area contributed by atoms with Crippen molar-refractivity contribution in [2.45, 2.75) is 26.2 Å². The van der Waals surface area contributed by atoms with Gasteiger partial charge in [0.05, 0.1) is 29.5 Å². The van der Waals surface area contributed by atoms with E-state index in [0.717, 1.165) is 28.2 Å². The molecule has 0 saturated carbocycles. The maximum atomic E-state index is 13.0. The summed E-state index contributed by atoms with van der Waals surface area (Å²) in [6.45, 7) is 2.81. The van der Waals surface area contributed by atoms with Crippen molar-refractivity contribution < 1.29 is 19.1 Å². The number of allylic oxidation sites excluding steroid dienone is 1. The topological polar surface area (TPSA) is 119 Å². The lowest BCUT2D eigenvalue weighted by Gasteiger charge is -2.20. The summed E-state index contributed by atoms with van der Waals surface area (Å²) in [5, 5.41) is 23.1. The Morgan fingerprint density at radius 3 is 2.89 bits per heavy atom. The number of fused-ring (bicyclic) bond motifs is 1. The Morgan fingerprint density at radius 1 is 1.28 bits per heavy atom. The molecule has 10 heteroatoms. The minimum absolute atomic E-state index is 0.0210. The molecule has 0 spiro atoms. The molecule has 4 rings (SSSR count). The molecular formula is C26H29N5O4S. The highest BCUT2D eigenvalue weighted by Gasteiger charge is 2.23. The van der Waals surface area contributed by atoms with E-state index in [9.17, 15) is 9.59 Å². The van der Waals surface area contributed by atoms with Crippen molar-refractivity contribution in [2.75, 3.05) is 33.4 Å². The van der Waals surface area contributed by atoms with Crippen molar-refractivity contribution in [1.82, 2.24) is 9.91 Å². The quantitative estimate of drug-likeness (QED) is 0.398. The lowest BCUT2D eigenvalue weighted by Crippen LogP contribution is -2.37. The summed E-state index contributed by atoms with van der Waals surface area (Å²) >= 11 is 1.27. The molecule has 2 aliphatic rings. The average Bonchev–Trinajstić information content (AvgIpc) is 3.48. The normalized spacial score (nSPS) is 14.7. The van der Waals surface area contributed by atoms with E-state index in [1.54, 1.807) is 19.2 Å². The van der Waals surface area contributed by atoms with Crippen LogP contribution in [-0.2, 0) is 22.4 Å². The summed E-state index contributed by atoms with van der Waals surface area (Å²) in [5.41, 5.74) is 2.68. The number of Topliss-reactive ketones (excluding diaryl/α,β-unsaturated/α-hetero) is 1. The van der Waals surface area contributed by atoms with Gasteiger partial charge in [0.1, 0.15) is 28.9 Å². The molecule has 0 fully saturated rings. The monoisotopic (exact) mass is 507 g/mol. The number of nitrogens with zero attached hydrogens (tertiary/aromatic N) is 3. The average molecular weight is 508 g/mol. The van der Waals surface area contributed by atoms with E-state index >= 15 is 0 Å². The van der Waals surface area contributed by atoms with Crippen LogP contribution in [0.1, 0.15) is 39.0 Å². The van der Waals surface area contributed by atoms with Crippen molar-refractivity contribution in [1.29, 1.82) is 10.8 Å². The highest BCUT2D eigenvalue weighted by molar-refractivity contribution is 7.16. The molecule has 3 heterocycles. The second kappa shape index (κ2) is 11.4. The molecule has 0 unspecified atom stereocenters. The number of hydrogen-bond donors (Lipinski definition) is 2. The molecule has 188 valence electrons. The second-order valence-corrected chi connectivity index (χ2v) is 9.68. The van der Waals surface area contributed by atoms with Gasteiger partial charge in [-0.2, -0.15) is 5.10 Å². The number of rotatable bonds is 9. The van der Waals surface area contributed by atoms with Gasteiger partial charge in [0.25, 0.3) is 5.91 Å². The number of ketones is 1. The van der Waals surface area contributed by atoms with Crippen molar-refractivity contribution in [3.63, 3.8) is 0 Å². The van der Waals surface area contributed by atoms with Crippen molar-refractivity contribution in [3.8, 4) is 5.75 Å². The summed E-state index contributed by atoms with van der Waals surface area (Å²) in [7, 11) is 1.55. The number of amides is 1. The van der Waals surface area contributed by atoms with E-state index in [1.165, 1.54) is 28.2 Å². The van der Waals surface area contributed by atoms with Crippen LogP contribution in [0.5, 0.6) is 5.75 Å². The SMILES string of the molecule is COCCN(CC(C)=O)C(=O)c1ccc(C2=NN(C(=N)Cc3ccc4c(c3)CCO4)C(=N)CC=C2)s1. The van der Waals surface area contributed by atoms with Crippen LogP contribution in [0.2, 0.25) is 0 Å². The minimum atomic E-state index is -0.241. The zero-order valence-electron chi connectivity index (χ0n) is 20.4. The number of carbonyl (C=O) groups excluding carboxylic acids is 2. The molecule has 1 aromatic carbocycles. The predicted molar refractivity (Wildman–Crippen MR) is 140 cm³/mol. The third-order valence-corrected chi connectivity index (χ3v) is 6.86. The minimum Gasteiger partial charge on any atom is -0.493 e. The van der Waals surface area contributed by atoms with E-state index in [0.29, 0.717) is 43.2 Å². The predicted octanol–water partition coefficient (Wildman–Crippen LogP) is 3.52. The Labute approximate surface area is 214 Å². The van der Waals surface area contributed by atoms with Crippen molar-refractivity contribution in [3.05, 3.63) is 63.4 Å². The van der Waals surface area contributed by atoms with Gasteiger partial charge in [-0.1, -0.05) is 18.2 Å². The fourth-order valence-corrected chi connectivity index (χ4v) is 4.95. The van der Waals surface area contributed by atoms with Gasteiger partial charge >= 0.3 is 0 Å². The first-order valence-corrected chi connectivity index (χ1v) is 12.5. The maximum absolute atomic E-state index is 13.0. The standard InChI is InChI=1S/C26H29N5O4S/c1-17(32)16-30(11-13-34-2)26(33)23-9-8-22(36-23)20-4-3-5-24(27)31(29-20)25(28)15-18-6-7-21-19(14-18)10-12-35-21/h3-4,6-9,14,27-28H,5,10-13,15-16H2,1-2H3. The number of nitrogens with one attached hydrogen (secondary N) is 2. The molecule has 0 aliphatic carbocycles. The van der Waals surface area contributed by atoms with Crippen LogP contribution in [0.3, 0.4) is 0 Å². The number of thiophene rings is 1. The fourth-order valence-electron chi connectivity index (χ4n) is 4.01. The Bertz CT molecular complexity index is 1250. The first-order valence-electron chi connectivity index (χ1n) is 11.7. The molecular weight excluding hydrogens is 478 g/mol. The van der Waals surface area contributed by atoms with E-state index in [-0.39, 0.29) is 29.9 Å². The smallest absolute Gasteiger partial charge is 0.264 e. The van der Waals surface area contributed by atoms with Crippen LogP contribution in [-0.4, -0.2) is 72.4 Å². The Hall–Kier alpha value is -3.63. The Balaban J connectivity index is 1.53. The molecule has 0 saturated heterocycles. The summed E-state index contributed by atoms with van der Waals surface area (Å²) in [4.78, 5) is 27.4. The molecule has 9 nitrogen and oxygen atoms in total. The molecule has 0 bridgehead atoms. The summed E-state index contributed by atoms with van der Waals surface area (Å²) in [5.74, 6) is 0.950. The summed E-state index contributed by atoms with van der Waals surface area (Å²) < 4.78 is 10.6. The largest absolute Gasteiger partial charge is 0.493 e. The van der Waals surface area contributed by atoms with Gasteiger partial charge in [-0.25, -0.2) is 5.01 Å². The molecule has 2 aromatic rings. The first-order chi connectivity index (χ1) is 17.4. The van der Waals surface area contributed by atoms with Crippen LogP contribution in [0.15, 0.2) is 47.6 Å². The van der Waals surface area contributed by atoms with Crippen LogP contribution >= 0.6 is 11.3 Å². The fraction of sp³-hybridized carbons (Fsp3) is 0.346. The van der Waals surface area contributed by atoms with Crippen molar-refractivity contribution in [2.24, 2.45) is 5.10 Å². The lowest BCUT2D eigenvalue weighted by molar-refractivity contribution is -0.117. The lowest BCUT2D eigenvalue weighted by atomic mass is 10.1. The second-order valence-electron chi connectivity index (χ2n) is 8.60. The maximum Gasteiger partial charge on any atom is 0.264 e. The van der Waals surface area contributed by atoms with E-state index in [4.69, 9.17) is 20.3 Å². The number of amidine groups is 2. The van der Waals surface area contributed by atoms with Crippen LogP contribution < -0.4 is 4.74 Å². The van der Waals surface area contributed by atoms with Gasteiger partial charge in [0, 0.05) is 32.9 Å². The van der Waals surface area contributed by atoms with Gasteiger partial charge in [0.2, 0.25) is 0 Å². The molecule has 0 atom stereocenters. The number of methoxy groups -OCH3 is 1. The van der Waals surface area contributed by atoms with E-state index in [2.05, 4.69) is 11.2 Å². The zero-order valence-corrected chi connectivity index (χ0v) is 21.2.